The van der Waals surface area contributed by atoms with E-state index in [1.54, 1.807) is 4.90 Å². The SMILES string of the molecule is CCn1cncc1CNC1CCN(C)C1=O. The van der Waals surface area contributed by atoms with Crippen LogP contribution in [-0.2, 0) is 17.9 Å². The lowest BCUT2D eigenvalue weighted by Gasteiger charge is -2.12. The molecule has 0 aromatic carbocycles. The molecule has 1 atom stereocenters. The molecule has 1 fully saturated rings. The maximum Gasteiger partial charge on any atom is 0.239 e. The van der Waals surface area contributed by atoms with Gasteiger partial charge in [-0.3, -0.25) is 4.79 Å². The van der Waals surface area contributed by atoms with Gasteiger partial charge >= 0.3 is 0 Å². The van der Waals surface area contributed by atoms with Crippen LogP contribution in [0.4, 0.5) is 0 Å². The molecule has 0 saturated carbocycles. The molecule has 1 aromatic heterocycles. The second-order valence-electron chi connectivity index (χ2n) is 4.15. The van der Waals surface area contributed by atoms with E-state index in [-0.39, 0.29) is 11.9 Å². The Labute approximate surface area is 95.5 Å². The number of likely N-dealkylation sites (N-methyl/N-ethyl adjacent to an activating group) is 1. The highest BCUT2D eigenvalue weighted by molar-refractivity contribution is 5.83. The first kappa shape index (κ1) is 11.1. The van der Waals surface area contributed by atoms with Crippen LogP contribution in [0.5, 0.6) is 0 Å². The van der Waals surface area contributed by atoms with Gasteiger partial charge in [0, 0.05) is 32.9 Å². The van der Waals surface area contributed by atoms with Crippen molar-refractivity contribution in [1.82, 2.24) is 19.8 Å². The molecule has 16 heavy (non-hydrogen) atoms. The van der Waals surface area contributed by atoms with E-state index in [4.69, 9.17) is 0 Å². The Hall–Kier alpha value is -1.36. The van der Waals surface area contributed by atoms with Crippen LogP contribution in [-0.4, -0.2) is 40.0 Å². The standard InChI is InChI=1S/C11H18N4O/c1-3-15-8-12-6-9(15)7-13-10-4-5-14(2)11(10)16/h6,8,10,13H,3-5,7H2,1-2H3. The first-order valence-corrected chi connectivity index (χ1v) is 5.69. The zero-order valence-corrected chi connectivity index (χ0v) is 9.81. The van der Waals surface area contributed by atoms with Gasteiger partial charge in [0.1, 0.15) is 0 Å². The largest absolute Gasteiger partial charge is 0.344 e. The Morgan fingerprint density at radius 1 is 1.62 bits per heavy atom. The molecule has 1 saturated heterocycles. The van der Waals surface area contributed by atoms with Crippen LogP contribution in [0.3, 0.4) is 0 Å². The summed E-state index contributed by atoms with van der Waals surface area (Å²) in [6.07, 6.45) is 4.56. The summed E-state index contributed by atoms with van der Waals surface area (Å²) < 4.78 is 2.08. The summed E-state index contributed by atoms with van der Waals surface area (Å²) in [5.74, 6) is 0.197. The molecular formula is C11H18N4O. The summed E-state index contributed by atoms with van der Waals surface area (Å²) in [5, 5.41) is 3.29. The summed E-state index contributed by atoms with van der Waals surface area (Å²) in [6, 6.07) is -0.0230. The van der Waals surface area contributed by atoms with Crippen molar-refractivity contribution in [3.8, 4) is 0 Å². The topological polar surface area (TPSA) is 50.2 Å². The van der Waals surface area contributed by atoms with Crippen LogP contribution in [0.25, 0.3) is 0 Å². The van der Waals surface area contributed by atoms with E-state index in [9.17, 15) is 4.79 Å². The molecule has 5 heteroatoms. The van der Waals surface area contributed by atoms with Crippen LogP contribution in [0.15, 0.2) is 12.5 Å². The van der Waals surface area contributed by atoms with Crippen LogP contribution < -0.4 is 5.32 Å². The maximum atomic E-state index is 11.7. The van der Waals surface area contributed by atoms with E-state index in [1.807, 2.05) is 19.6 Å². The van der Waals surface area contributed by atoms with E-state index in [0.29, 0.717) is 6.54 Å². The summed E-state index contributed by atoms with van der Waals surface area (Å²) in [7, 11) is 1.85. The Balaban J connectivity index is 1.90. The van der Waals surface area contributed by atoms with Crippen LogP contribution in [0.2, 0.25) is 0 Å². The lowest BCUT2D eigenvalue weighted by atomic mass is 10.2. The van der Waals surface area contributed by atoms with Crippen LogP contribution in [0, 0.1) is 0 Å². The number of amides is 1. The molecule has 1 aliphatic rings. The minimum absolute atomic E-state index is 0.0230. The molecule has 5 nitrogen and oxygen atoms in total. The fourth-order valence-corrected chi connectivity index (χ4v) is 2.02. The van der Waals surface area contributed by atoms with Crippen molar-refractivity contribution in [2.24, 2.45) is 0 Å². The van der Waals surface area contributed by atoms with Gasteiger partial charge in [0.15, 0.2) is 0 Å². The van der Waals surface area contributed by atoms with Gasteiger partial charge in [-0.25, -0.2) is 4.98 Å². The number of nitrogens with one attached hydrogen (secondary N) is 1. The molecule has 0 aliphatic carbocycles. The third kappa shape index (κ3) is 2.09. The van der Waals surface area contributed by atoms with Crippen molar-refractivity contribution in [2.45, 2.75) is 32.5 Å². The molecule has 1 amide bonds. The van der Waals surface area contributed by atoms with Gasteiger partial charge in [0.25, 0.3) is 0 Å². The van der Waals surface area contributed by atoms with Gasteiger partial charge in [0.2, 0.25) is 5.91 Å². The number of carbonyl (C=O) groups excluding carboxylic acids is 1. The van der Waals surface area contributed by atoms with Gasteiger partial charge in [-0.15, -0.1) is 0 Å². The highest BCUT2D eigenvalue weighted by atomic mass is 16.2. The number of imidazole rings is 1. The van der Waals surface area contributed by atoms with E-state index >= 15 is 0 Å². The fraction of sp³-hybridized carbons (Fsp3) is 0.636. The quantitative estimate of drug-likeness (QED) is 0.793. The highest BCUT2D eigenvalue weighted by Gasteiger charge is 2.28. The van der Waals surface area contributed by atoms with Gasteiger partial charge in [-0.05, 0) is 13.3 Å². The Morgan fingerprint density at radius 3 is 3.06 bits per heavy atom. The van der Waals surface area contributed by atoms with E-state index in [2.05, 4.69) is 21.8 Å². The zero-order chi connectivity index (χ0) is 11.5. The third-order valence-electron chi connectivity index (χ3n) is 3.10. The summed E-state index contributed by atoms with van der Waals surface area (Å²) in [4.78, 5) is 17.5. The van der Waals surface area contributed by atoms with Crippen molar-refractivity contribution < 1.29 is 4.79 Å². The van der Waals surface area contributed by atoms with Crippen molar-refractivity contribution in [3.63, 3.8) is 0 Å². The molecule has 88 valence electrons. The Morgan fingerprint density at radius 2 is 2.44 bits per heavy atom. The smallest absolute Gasteiger partial charge is 0.239 e. The van der Waals surface area contributed by atoms with E-state index < -0.39 is 0 Å². The van der Waals surface area contributed by atoms with Gasteiger partial charge < -0.3 is 14.8 Å². The molecule has 2 rings (SSSR count). The Kier molecular flexibility index (Phi) is 3.24. The lowest BCUT2D eigenvalue weighted by Crippen LogP contribution is -2.36. The summed E-state index contributed by atoms with van der Waals surface area (Å²) in [6.45, 7) is 4.55. The fourth-order valence-electron chi connectivity index (χ4n) is 2.02. The monoisotopic (exact) mass is 222 g/mol. The van der Waals surface area contributed by atoms with E-state index in [0.717, 1.165) is 25.2 Å². The molecule has 2 heterocycles. The number of hydrogen-bond donors (Lipinski definition) is 1. The van der Waals surface area contributed by atoms with Gasteiger partial charge in [0.05, 0.1) is 18.1 Å². The van der Waals surface area contributed by atoms with Crippen LogP contribution >= 0.6 is 0 Å². The first-order valence-electron chi connectivity index (χ1n) is 5.69. The normalized spacial score (nSPS) is 20.8. The number of aryl methyl sites for hydroxylation is 1. The molecule has 1 aliphatic heterocycles. The molecule has 0 bridgehead atoms. The van der Waals surface area contributed by atoms with Crippen LogP contribution in [0.1, 0.15) is 19.0 Å². The molecule has 0 radical (unpaired) electrons. The molecule has 1 N–H and O–H groups in total. The molecule has 1 aromatic rings. The molecule has 0 spiro atoms. The molecular weight excluding hydrogens is 204 g/mol. The predicted octanol–water partition coefficient (Wildman–Crippen LogP) is 0.223. The van der Waals surface area contributed by atoms with E-state index in [1.165, 1.54) is 0 Å². The minimum atomic E-state index is -0.0230. The third-order valence-corrected chi connectivity index (χ3v) is 3.10. The number of aromatic nitrogens is 2. The average Bonchev–Trinajstić information content (AvgIpc) is 2.86. The molecule has 1 unspecified atom stereocenters. The second kappa shape index (κ2) is 4.65. The number of nitrogens with zero attached hydrogens (tertiary/aromatic N) is 3. The minimum Gasteiger partial charge on any atom is -0.344 e. The van der Waals surface area contributed by atoms with Crippen molar-refractivity contribution in [2.75, 3.05) is 13.6 Å². The Bertz CT molecular complexity index is 374. The number of carbonyl (C=O) groups is 1. The lowest BCUT2D eigenvalue weighted by molar-refractivity contribution is -0.128. The summed E-state index contributed by atoms with van der Waals surface area (Å²) >= 11 is 0. The van der Waals surface area contributed by atoms with Crippen molar-refractivity contribution >= 4 is 5.91 Å². The number of rotatable bonds is 4. The first-order chi connectivity index (χ1) is 7.72. The number of hydrogen-bond acceptors (Lipinski definition) is 3. The highest BCUT2D eigenvalue weighted by Crippen LogP contribution is 2.09. The second-order valence-corrected chi connectivity index (χ2v) is 4.15. The van der Waals surface area contributed by atoms with Gasteiger partial charge in [-0.1, -0.05) is 0 Å². The van der Waals surface area contributed by atoms with Crippen molar-refractivity contribution in [3.05, 3.63) is 18.2 Å². The maximum absolute atomic E-state index is 11.7. The number of likely N-dealkylation sites (tertiary alicyclic amines) is 1. The zero-order valence-electron chi connectivity index (χ0n) is 9.81. The average molecular weight is 222 g/mol. The predicted molar refractivity (Wildman–Crippen MR) is 60.8 cm³/mol. The van der Waals surface area contributed by atoms with Gasteiger partial charge in [-0.2, -0.15) is 0 Å². The summed E-state index contributed by atoms with van der Waals surface area (Å²) in [5.41, 5.74) is 1.13. The van der Waals surface area contributed by atoms with Crippen molar-refractivity contribution in [1.29, 1.82) is 0 Å².